The number of hydrogen-bond donors (Lipinski definition) is 0. The van der Waals surface area contributed by atoms with Gasteiger partial charge in [-0.1, -0.05) is 60.1 Å². The summed E-state index contributed by atoms with van der Waals surface area (Å²) in [6.07, 6.45) is 3.58. The molecule has 2 nitrogen and oxygen atoms in total. The maximum absolute atomic E-state index is 4.61. The molecule has 5 aromatic rings. The molecule has 5 rings (SSSR count). The first-order chi connectivity index (χ1) is 14.9. The van der Waals surface area contributed by atoms with E-state index in [4.69, 9.17) is 0 Å². The molecule has 3 aromatic carbocycles. The third-order valence-corrected chi connectivity index (χ3v) is 4.84. The van der Waals surface area contributed by atoms with Crippen molar-refractivity contribution in [3.05, 3.63) is 120 Å². The first kappa shape index (κ1) is 17.7. The molecule has 0 bridgehead atoms. The lowest BCUT2D eigenvalue weighted by Crippen LogP contribution is -1.94. The molecule has 0 spiro atoms. The molecule has 0 radical (unpaired) electrons. The normalized spacial score (nSPS) is 10.1. The van der Waals surface area contributed by atoms with Gasteiger partial charge in [-0.15, -0.1) is 0 Å². The zero-order valence-electron chi connectivity index (χ0n) is 16.1. The van der Waals surface area contributed by atoms with E-state index in [2.05, 4.69) is 33.6 Å². The molecule has 0 saturated carbocycles. The highest BCUT2D eigenvalue weighted by molar-refractivity contribution is 6.09. The van der Waals surface area contributed by atoms with Crippen molar-refractivity contribution < 1.29 is 0 Å². The van der Waals surface area contributed by atoms with Gasteiger partial charge in [0.15, 0.2) is 0 Å². The number of pyridine rings is 2. The van der Waals surface area contributed by atoms with Crippen molar-refractivity contribution >= 4 is 21.8 Å². The molecule has 2 heteroatoms. The van der Waals surface area contributed by atoms with Gasteiger partial charge in [-0.25, -0.2) is 0 Å². The zero-order valence-corrected chi connectivity index (χ0v) is 16.1. The SMILES string of the molecule is C(#Cc1c(C#Cc2ccccc2)c2cccnc2c2ncccc12)c1ccccc1. The van der Waals surface area contributed by atoms with Crippen molar-refractivity contribution in [1.82, 2.24) is 9.97 Å². The molecule has 0 atom stereocenters. The highest BCUT2D eigenvalue weighted by atomic mass is 14.7. The van der Waals surface area contributed by atoms with Gasteiger partial charge < -0.3 is 0 Å². The lowest BCUT2D eigenvalue weighted by atomic mass is 9.96. The highest BCUT2D eigenvalue weighted by Crippen LogP contribution is 2.29. The Morgan fingerprint density at radius 1 is 0.433 bits per heavy atom. The van der Waals surface area contributed by atoms with Gasteiger partial charge >= 0.3 is 0 Å². The topological polar surface area (TPSA) is 25.8 Å². The minimum atomic E-state index is 0.843. The van der Waals surface area contributed by atoms with Crippen LogP contribution in [0.1, 0.15) is 22.3 Å². The van der Waals surface area contributed by atoms with Crippen molar-refractivity contribution in [3.63, 3.8) is 0 Å². The molecular formula is C28H16N2. The number of hydrogen-bond acceptors (Lipinski definition) is 2. The molecule has 0 unspecified atom stereocenters. The van der Waals surface area contributed by atoms with E-state index < -0.39 is 0 Å². The lowest BCUT2D eigenvalue weighted by molar-refractivity contribution is 1.37. The van der Waals surface area contributed by atoms with E-state index in [0.717, 1.165) is 44.1 Å². The quantitative estimate of drug-likeness (QED) is 0.259. The van der Waals surface area contributed by atoms with E-state index in [9.17, 15) is 0 Å². The number of benzene rings is 3. The number of fused-ring (bicyclic) bond motifs is 3. The van der Waals surface area contributed by atoms with Crippen LogP contribution in [0.25, 0.3) is 21.8 Å². The summed E-state index contributed by atoms with van der Waals surface area (Å²) in [5.74, 6) is 13.3. The summed E-state index contributed by atoms with van der Waals surface area (Å²) in [4.78, 5) is 9.21. The van der Waals surface area contributed by atoms with Crippen molar-refractivity contribution in [1.29, 1.82) is 0 Å². The standard InChI is InChI=1S/C28H16N2/c1-3-9-21(10-4-1)15-17-23-24(18-16-22-11-5-2-6-12-22)26-14-8-20-30-28(26)27-25(23)13-7-19-29-27/h1-14,19-20H. The number of nitrogens with zero attached hydrogens (tertiary/aromatic N) is 2. The first-order valence-corrected chi connectivity index (χ1v) is 9.70. The van der Waals surface area contributed by atoms with Gasteiger partial charge in [0.05, 0.1) is 22.2 Å². The van der Waals surface area contributed by atoms with Crippen LogP contribution < -0.4 is 0 Å². The van der Waals surface area contributed by atoms with Gasteiger partial charge in [0, 0.05) is 34.3 Å². The molecule has 0 amide bonds. The van der Waals surface area contributed by atoms with Crippen molar-refractivity contribution in [3.8, 4) is 23.7 Å². The second-order valence-corrected chi connectivity index (χ2v) is 6.78. The summed E-state index contributed by atoms with van der Waals surface area (Å²) in [6, 6.07) is 27.9. The summed E-state index contributed by atoms with van der Waals surface area (Å²) in [7, 11) is 0. The van der Waals surface area contributed by atoms with Crippen LogP contribution in [0.15, 0.2) is 97.3 Å². The Kier molecular flexibility index (Phi) is 4.67. The fourth-order valence-corrected chi connectivity index (χ4v) is 3.43. The van der Waals surface area contributed by atoms with E-state index in [1.54, 1.807) is 12.4 Å². The Bertz CT molecular complexity index is 1360. The van der Waals surface area contributed by atoms with Gasteiger partial charge in [0.2, 0.25) is 0 Å². The molecule has 0 fully saturated rings. The summed E-state index contributed by atoms with van der Waals surface area (Å²) in [6.45, 7) is 0. The molecular weight excluding hydrogens is 364 g/mol. The molecule has 0 N–H and O–H groups in total. The van der Waals surface area contributed by atoms with Crippen LogP contribution in [0.5, 0.6) is 0 Å². The van der Waals surface area contributed by atoms with Crippen LogP contribution in [0.2, 0.25) is 0 Å². The van der Waals surface area contributed by atoms with Crippen LogP contribution in [0.4, 0.5) is 0 Å². The minimum absolute atomic E-state index is 0.843. The first-order valence-electron chi connectivity index (χ1n) is 9.70. The zero-order chi connectivity index (χ0) is 20.2. The largest absolute Gasteiger partial charge is 0.254 e. The third kappa shape index (κ3) is 3.39. The predicted octanol–water partition coefficient (Wildman–Crippen LogP) is 5.58. The van der Waals surface area contributed by atoms with E-state index in [1.807, 2.05) is 84.9 Å². The Hall–Kier alpha value is -4.40. The van der Waals surface area contributed by atoms with E-state index in [-0.39, 0.29) is 0 Å². The molecule has 2 aromatic heterocycles. The molecule has 0 aliphatic rings. The second-order valence-electron chi connectivity index (χ2n) is 6.78. The molecule has 0 aliphatic carbocycles. The Balaban J connectivity index is 1.83. The fourth-order valence-electron chi connectivity index (χ4n) is 3.43. The predicted molar refractivity (Wildman–Crippen MR) is 122 cm³/mol. The van der Waals surface area contributed by atoms with Crippen LogP contribution in [-0.4, -0.2) is 9.97 Å². The maximum Gasteiger partial charge on any atom is 0.0977 e. The Labute approximate surface area is 175 Å². The fraction of sp³-hybridized carbons (Fsp3) is 0. The maximum atomic E-state index is 4.61. The minimum Gasteiger partial charge on any atom is -0.254 e. The molecule has 30 heavy (non-hydrogen) atoms. The van der Waals surface area contributed by atoms with Gasteiger partial charge in [0.25, 0.3) is 0 Å². The second kappa shape index (κ2) is 7.92. The highest BCUT2D eigenvalue weighted by Gasteiger charge is 2.13. The molecule has 0 aliphatic heterocycles. The third-order valence-electron chi connectivity index (χ3n) is 4.84. The van der Waals surface area contributed by atoms with Gasteiger partial charge in [-0.3, -0.25) is 9.97 Å². The summed E-state index contributed by atoms with van der Waals surface area (Å²) < 4.78 is 0. The average Bonchev–Trinajstić information content (AvgIpc) is 2.83. The van der Waals surface area contributed by atoms with Crippen molar-refractivity contribution in [2.75, 3.05) is 0 Å². The summed E-state index contributed by atoms with van der Waals surface area (Å²) >= 11 is 0. The van der Waals surface area contributed by atoms with Gasteiger partial charge in [-0.05, 0) is 48.5 Å². The van der Waals surface area contributed by atoms with Crippen molar-refractivity contribution in [2.24, 2.45) is 0 Å². The van der Waals surface area contributed by atoms with Crippen molar-refractivity contribution in [2.45, 2.75) is 0 Å². The Morgan fingerprint density at radius 2 is 0.867 bits per heavy atom. The summed E-state index contributed by atoms with van der Waals surface area (Å²) in [5, 5.41) is 1.92. The molecule has 138 valence electrons. The monoisotopic (exact) mass is 380 g/mol. The number of aromatic nitrogens is 2. The van der Waals surface area contributed by atoms with E-state index >= 15 is 0 Å². The summed E-state index contributed by atoms with van der Waals surface area (Å²) in [5.41, 5.74) is 5.37. The van der Waals surface area contributed by atoms with Crippen LogP contribution in [-0.2, 0) is 0 Å². The van der Waals surface area contributed by atoms with Gasteiger partial charge in [-0.2, -0.15) is 0 Å². The van der Waals surface area contributed by atoms with Crippen LogP contribution in [0.3, 0.4) is 0 Å². The van der Waals surface area contributed by atoms with Gasteiger partial charge in [0.1, 0.15) is 0 Å². The number of rotatable bonds is 0. The van der Waals surface area contributed by atoms with E-state index in [1.165, 1.54) is 0 Å². The van der Waals surface area contributed by atoms with Crippen LogP contribution >= 0.6 is 0 Å². The van der Waals surface area contributed by atoms with E-state index in [0.29, 0.717) is 0 Å². The molecule has 0 saturated heterocycles. The van der Waals surface area contributed by atoms with Crippen LogP contribution in [0, 0.1) is 23.7 Å². The smallest absolute Gasteiger partial charge is 0.0977 e. The average molecular weight is 380 g/mol. The molecule has 2 heterocycles. The Morgan fingerprint density at radius 3 is 1.30 bits per heavy atom. The lowest BCUT2D eigenvalue weighted by Gasteiger charge is -2.09.